The van der Waals surface area contributed by atoms with Gasteiger partial charge in [0.1, 0.15) is 0 Å². The first-order chi connectivity index (χ1) is 7.18. The highest BCUT2D eigenvalue weighted by molar-refractivity contribution is 5.67. The lowest BCUT2D eigenvalue weighted by atomic mass is 10.0. The minimum absolute atomic E-state index is 0.207. The smallest absolute Gasteiger partial charge is 0.304 e. The minimum Gasteiger partial charge on any atom is -0.446 e. The first-order valence-electron chi connectivity index (χ1n) is 5.88. The summed E-state index contributed by atoms with van der Waals surface area (Å²) in [6.45, 7) is 3.62. The summed E-state index contributed by atoms with van der Waals surface area (Å²) in [5.74, 6) is 6.11. The number of rotatable bonds is 3. The van der Waals surface area contributed by atoms with Crippen LogP contribution < -0.4 is 0 Å². The number of esters is 1. The van der Waals surface area contributed by atoms with Crippen molar-refractivity contribution in [1.82, 2.24) is 0 Å². The van der Waals surface area contributed by atoms with E-state index in [1.165, 1.54) is 6.92 Å². The second-order valence-electron chi connectivity index (χ2n) is 4.20. The molecule has 0 aromatic carbocycles. The van der Waals surface area contributed by atoms with Gasteiger partial charge in [-0.1, -0.05) is 25.2 Å². The molecule has 1 rings (SSSR count). The molecule has 1 saturated carbocycles. The van der Waals surface area contributed by atoms with Gasteiger partial charge in [0, 0.05) is 13.3 Å². The van der Waals surface area contributed by atoms with Crippen molar-refractivity contribution in [1.29, 1.82) is 0 Å². The Morgan fingerprint density at radius 2 is 2.07 bits per heavy atom. The van der Waals surface area contributed by atoms with Gasteiger partial charge in [0.15, 0.2) is 5.60 Å². The SMILES string of the molecule is CCCCC#CC1(OC(C)=O)CCCC1. The van der Waals surface area contributed by atoms with Crippen LogP contribution in [0.3, 0.4) is 0 Å². The monoisotopic (exact) mass is 208 g/mol. The van der Waals surface area contributed by atoms with Crippen LogP contribution in [0.1, 0.15) is 58.8 Å². The molecule has 1 aliphatic rings. The Morgan fingerprint density at radius 3 is 2.60 bits per heavy atom. The van der Waals surface area contributed by atoms with E-state index < -0.39 is 5.60 Å². The largest absolute Gasteiger partial charge is 0.446 e. The van der Waals surface area contributed by atoms with Gasteiger partial charge >= 0.3 is 5.97 Å². The lowest BCUT2D eigenvalue weighted by Crippen LogP contribution is -2.29. The Labute approximate surface area is 92.4 Å². The van der Waals surface area contributed by atoms with Crippen molar-refractivity contribution in [2.45, 2.75) is 64.4 Å². The molecule has 0 amide bonds. The second-order valence-corrected chi connectivity index (χ2v) is 4.20. The Kier molecular flexibility index (Phi) is 4.68. The first-order valence-corrected chi connectivity index (χ1v) is 5.88. The maximum absolute atomic E-state index is 11.0. The summed E-state index contributed by atoms with van der Waals surface area (Å²) in [4.78, 5) is 11.0. The maximum atomic E-state index is 11.0. The molecule has 15 heavy (non-hydrogen) atoms. The molecule has 0 aliphatic heterocycles. The fraction of sp³-hybridized carbons (Fsp3) is 0.769. The highest BCUT2D eigenvalue weighted by atomic mass is 16.6. The van der Waals surface area contributed by atoms with Gasteiger partial charge in [0.25, 0.3) is 0 Å². The lowest BCUT2D eigenvalue weighted by Gasteiger charge is -2.21. The van der Waals surface area contributed by atoms with E-state index in [-0.39, 0.29) is 5.97 Å². The topological polar surface area (TPSA) is 26.3 Å². The third kappa shape index (κ3) is 3.95. The molecule has 0 aromatic rings. The summed E-state index contributed by atoms with van der Waals surface area (Å²) >= 11 is 0. The molecule has 0 spiro atoms. The van der Waals surface area contributed by atoms with E-state index in [0.29, 0.717) is 0 Å². The van der Waals surface area contributed by atoms with E-state index in [4.69, 9.17) is 4.74 Å². The third-order valence-electron chi connectivity index (χ3n) is 2.72. The molecule has 0 N–H and O–H groups in total. The van der Waals surface area contributed by atoms with Crippen LogP contribution >= 0.6 is 0 Å². The quantitative estimate of drug-likeness (QED) is 0.405. The zero-order valence-electron chi connectivity index (χ0n) is 9.77. The highest BCUT2D eigenvalue weighted by Crippen LogP contribution is 2.32. The Morgan fingerprint density at radius 1 is 1.40 bits per heavy atom. The van der Waals surface area contributed by atoms with E-state index in [1.807, 2.05) is 0 Å². The molecule has 0 aromatic heterocycles. The Bertz CT molecular complexity index is 264. The average molecular weight is 208 g/mol. The summed E-state index contributed by atoms with van der Waals surface area (Å²) in [6, 6.07) is 0. The van der Waals surface area contributed by atoms with Gasteiger partial charge in [-0.05, 0) is 32.1 Å². The van der Waals surface area contributed by atoms with Gasteiger partial charge in [-0.25, -0.2) is 0 Å². The van der Waals surface area contributed by atoms with Gasteiger partial charge in [-0.3, -0.25) is 4.79 Å². The zero-order valence-corrected chi connectivity index (χ0v) is 9.77. The number of carbonyl (C=O) groups is 1. The summed E-state index contributed by atoms with van der Waals surface area (Å²) < 4.78 is 5.37. The van der Waals surface area contributed by atoms with Crippen LogP contribution in [0.5, 0.6) is 0 Å². The second kappa shape index (κ2) is 5.80. The number of hydrogen-bond donors (Lipinski definition) is 0. The van der Waals surface area contributed by atoms with Crippen LogP contribution in [0, 0.1) is 11.8 Å². The molecule has 0 atom stereocenters. The zero-order chi connectivity index (χ0) is 11.1. The van der Waals surface area contributed by atoms with Gasteiger partial charge in [-0.2, -0.15) is 0 Å². The molecule has 0 bridgehead atoms. The standard InChI is InChI=1S/C13H20O2/c1-3-4-5-6-9-13(15-12(2)14)10-7-8-11-13/h3-5,7-8,10-11H2,1-2H3. The minimum atomic E-state index is -0.445. The van der Waals surface area contributed by atoms with Crippen LogP contribution in [-0.4, -0.2) is 11.6 Å². The van der Waals surface area contributed by atoms with Crippen molar-refractivity contribution in [3.63, 3.8) is 0 Å². The van der Waals surface area contributed by atoms with E-state index in [9.17, 15) is 4.79 Å². The summed E-state index contributed by atoms with van der Waals surface area (Å²) in [5.41, 5.74) is -0.445. The van der Waals surface area contributed by atoms with E-state index in [0.717, 1.165) is 44.9 Å². The summed E-state index contributed by atoms with van der Waals surface area (Å²) in [7, 11) is 0. The first kappa shape index (κ1) is 12.1. The molecular formula is C13H20O2. The van der Waals surface area contributed by atoms with Crippen LogP contribution in [0.15, 0.2) is 0 Å². The van der Waals surface area contributed by atoms with Crippen molar-refractivity contribution in [3.05, 3.63) is 0 Å². The average Bonchev–Trinajstić information content (AvgIpc) is 2.61. The predicted octanol–water partition coefficient (Wildman–Crippen LogP) is 3.06. The molecule has 0 unspecified atom stereocenters. The van der Waals surface area contributed by atoms with Crippen molar-refractivity contribution in [2.75, 3.05) is 0 Å². The predicted molar refractivity (Wildman–Crippen MR) is 60.3 cm³/mol. The number of ether oxygens (including phenoxy) is 1. The van der Waals surface area contributed by atoms with Crippen LogP contribution in [0.4, 0.5) is 0 Å². The third-order valence-corrected chi connectivity index (χ3v) is 2.72. The molecule has 84 valence electrons. The van der Waals surface area contributed by atoms with Crippen molar-refractivity contribution >= 4 is 5.97 Å². The van der Waals surface area contributed by atoms with Crippen LogP contribution in [-0.2, 0) is 9.53 Å². The Balaban J connectivity index is 2.55. The fourth-order valence-electron chi connectivity index (χ4n) is 1.96. The van der Waals surface area contributed by atoms with Gasteiger partial charge < -0.3 is 4.74 Å². The normalized spacial score (nSPS) is 18.0. The van der Waals surface area contributed by atoms with Gasteiger partial charge in [-0.15, -0.1) is 0 Å². The molecule has 2 heteroatoms. The van der Waals surface area contributed by atoms with E-state index >= 15 is 0 Å². The number of unbranched alkanes of at least 4 members (excludes halogenated alkanes) is 2. The van der Waals surface area contributed by atoms with Crippen molar-refractivity contribution < 1.29 is 9.53 Å². The molecule has 0 saturated heterocycles. The van der Waals surface area contributed by atoms with Gasteiger partial charge in [0.05, 0.1) is 0 Å². The van der Waals surface area contributed by atoms with Crippen molar-refractivity contribution in [2.24, 2.45) is 0 Å². The summed E-state index contributed by atoms with van der Waals surface area (Å²) in [5, 5.41) is 0. The van der Waals surface area contributed by atoms with Crippen LogP contribution in [0.2, 0.25) is 0 Å². The molecule has 2 nitrogen and oxygen atoms in total. The molecule has 1 aliphatic carbocycles. The number of hydrogen-bond acceptors (Lipinski definition) is 2. The molecule has 0 radical (unpaired) electrons. The maximum Gasteiger partial charge on any atom is 0.304 e. The number of carbonyl (C=O) groups excluding carboxylic acids is 1. The lowest BCUT2D eigenvalue weighted by molar-refractivity contribution is -0.151. The highest BCUT2D eigenvalue weighted by Gasteiger charge is 2.34. The van der Waals surface area contributed by atoms with Gasteiger partial charge in [0.2, 0.25) is 0 Å². The molecule has 1 fully saturated rings. The van der Waals surface area contributed by atoms with Crippen molar-refractivity contribution in [3.8, 4) is 11.8 Å². The summed E-state index contributed by atoms with van der Waals surface area (Å²) in [6.07, 6.45) is 7.26. The fourth-order valence-corrected chi connectivity index (χ4v) is 1.96. The molecular weight excluding hydrogens is 188 g/mol. The molecule has 0 heterocycles. The van der Waals surface area contributed by atoms with Crippen LogP contribution in [0.25, 0.3) is 0 Å². The van der Waals surface area contributed by atoms with E-state index in [2.05, 4.69) is 18.8 Å². The van der Waals surface area contributed by atoms with E-state index in [1.54, 1.807) is 0 Å². The Hall–Kier alpha value is -0.970.